The van der Waals surface area contributed by atoms with E-state index < -0.39 is 40.3 Å². The molecule has 74 heavy (non-hydrogen) atoms. The Kier molecular flexibility index (Phi) is 15.1. The molecule has 0 saturated heterocycles. The van der Waals surface area contributed by atoms with E-state index in [1.165, 1.54) is 34.1 Å². The first-order valence-electron chi connectivity index (χ1n) is 24.1. The smallest absolute Gasteiger partial charge is 0.268 e. The first kappa shape index (κ1) is 53.0. The number of carbonyl (C=O) groups excluding carboxylic acids is 3. The summed E-state index contributed by atoms with van der Waals surface area (Å²) in [6, 6.07) is 43.7. The SMILES string of the molecule is CCCN1C(=O)C(O)(c2cc3ccccc3cc2F)c2cc(Br)ccc21.CCCN1C(=O)C(O)(c2ccc3ccccc3c2)c2c1ccc(Br)c2Cl.CCCN1C(=O)C(O)(c2ccccc2F)c2ccc(Br)cc21. The van der Waals surface area contributed by atoms with Gasteiger partial charge in [-0.25, -0.2) is 8.78 Å². The van der Waals surface area contributed by atoms with Gasteiger partial charge in [-0.3, -0.25) is 14.4 Å². The molecule has 3 atom stereocenters. The fourth-order valence-electron chi connectivity index (χ4n) is 10.2. The molecule has 8 aromatic rings. The Hall–Kier alpha value is -5.84. The second-order valence-electron chi connectivity index (χ2n) is 18.3. The number of rotatable bonds is 9. The summed E-state index contributed by atoms with van der Waals surface area (Å²) in [6.45, 7) is 7.37. The van der Waals surface area contributed by atoms with Gasteiger partial charge in [0.1, 0.15) is 11.6 Å². The molecule has 0 bridgehead atoms. The van der Waals surface area contributed by atoms with Crippen molar-refractivity contribution in [3.8, 4) is 0 Å². The number of hydrogen-bond acceptors (Lipinski definition) is 6. The lowest BCUT2D eigenvalue weighted by Crippen LogP contribution is -2.42. The number of aliphatic hydroxyl groups is 3. The number of halogens is 6. The second-order valence-corrected chi connectivity index (χ2v) is 21.4. The Morgan fingerprint density at radius 3 is 1.59 bits per heavy atom. The van der Waals surface area contributed by atoms with Crippen molar-refractivity contribution < 1.29 is 38.5 Å². The third kappa shape index (κ3) is 8.85. The molecule has 3 aliphatic rings. The van der Waals surface area contributed by atoms with Crippen LogP contribution < -0.4 is 14.7 Å². The molecule has 3 unspecified atom stereocenters. The van der Waals surface area contributed by atoms with Crippen molar-refractivity contribution in [2.24, 2.45) is 0 Å². The molecule has 3 amide bonds. The summed E-state index contributed by atoms with van der Waals surface area (Å²) in [5, 5.41) is 38.1. The van der Waals surface area contributed by atoms with Gasteiger partial charge in [0.15, 0.2) is 16.8 Å². The lowest BCUT2D eigenvalue weighted by atomic mass is 9.86. The van der Waals surface area contributed by atoms with Crippen LogP contribution in [0.2, 0.25) is 5.02 Å². The fourth-order valence-corrected chi connectivity index (χ4v) is 11.5. The first-order chi connectivity index (χ1) is 35.4. The zero-order valence-electron chi connectivity index (χ0n) is 40.4. The average molecular weight is 1210 g/mol. The summed E-state index contributed by atoms with van der Waals surface area (Å²) in [4.78, 5) is 44.0. The molecule has 3 heterocycles. The van der Waals surface area contributed by atoms with Gasteiger partial charge >= 0.3 is 0 Å². The van der Waals surface area contributed by atoms with Crippen LogP contribution in [-0.2, 0) is 31.2 Å². The predicted octanol–water partition coefficient (Wildman–Crippen LogP) is 13.6. The topological polar surface area (TPSA) is 122 Å². The average Bonchev–Trinajstić information content (AvgIpc) is 3.85. The molecular weight excluding hydrogens is 1160 g/mol. The highest BCUT2D eigenvalue weighted by Crippen LogP contribution is 2.51. The Labute approximate surface area is 457 Å². The summed E-state index contributed by atoms with van der Waals surface area (Å²) in [7, 11) is 0. The third-order valence-electron chi connectivity index (χ3n) is 13.7. The maximum Gasteiger partial charge on any atom is 0.268 e. The largest absolute Gasteiger partial charge is 0.372 e. The minimum absolute atomic E-state index is 0.0119. The van der Waals surface area contributed by atoms with Crippen LogP contribution in [-0.4, -0.2) is 52.7 Å². The van der Waals surface area contributed by atoms with E-state index >= 15 is 0 Å². The van der Waals surface area contributed by atoms with E-state index in [4.69, 9.17) is 11.6 Å². The maximum absolute atomic E-state index is 15.0. The number of hydrogen-bond donors (Lipinski definition) is 3. The van der Waals surface area contributed by atoms with Crippen LogP contribution in [0, 0.1) is 11.6 Å². The van der Waals surface area contributed by atoms with Gasteiger partial charge in [-0.2, -0.15) is 0 Å². The van der Waals surface area contributed by atoms with Gasteiger partial charge in [0.2, 0.25) is 0 Å². The second kappa shape index (κ2) is 21.1. The summed E-state index contributed by atoms with van der Waals surface area (Å²) in [6.07, 6.45) is 2.26. The molecule has 3 N–H and O–H groups in total. The van der Waals surface area contributed by atoms with Gasteiger partial charge in [0, 0.05) is 60.9 Å². The van der Waals surface area contributed by atoms with Gasteiger partial charge in [-0.05, 0) is 129 Å². The fraction of sp³-hybridized carbons (Fsp3) is 0.203. The highest BCUT2D eigenvalue weighted by atomic mass is 79.9. The summed E-state index contributed by atoms with van der Waals surface area (Å²) in [5.41, 5.74) is -2.14. The van der Waals surface area contributed by atoms with Gasteiger partial charge in [0.25, 0.3) is 17.7 Å². The number of fused-ring (bicyclic) bond motifs is 5. The van der Waals surface area contributed by atoms with Crippen LogP contribution in [0.15, 0.2) is 165 Å². The standard InChI is InChI=1S/C21H17BrClNO2.C21H17BrFNO2.C17H15BrFNO2/c1-2-11-24-17-10-9-16(22)19(23)18(17)21(26,20(24)25)15-8-7-13-5-3-4-6-14(13)12-15;1-2-9-24-19-8-7-15(22)12-17(19)21(26,20(24)25)16-10-13-5-3-4-6-14(13)11-18(16)23;1-2-9-20-15-10-11(18)7-8-13(15)17(22,16(20)21)12-5-3-4-6-14(12)19/h3-10,12,26H,2,11H2,1H3;3-8,10-12,26H,2,9H2,1H3;3-8,10,22H,2,9H2,1H3. The van der Waals surface area contributed by atoms with Gasteiger partial charge < -0.3 is 30.0 Å². The van der Waals surface area contributed by atoms with E-state index in [-0.39, 0.29) is 17.0 Å². The van der Waals surface area contributed by atoms with Crippen LogP contribution in [0.3, 0.4) is 0 Å². The van der Waals surface area contributed by atoms with E-state index in [1.54, 1.807) is 59.5 Å². The third-order valence-corrected chi connectivity index (χ3v) is 15.9. The molecule has 378 valence electrons. The summed E-state index contributed by atoms with van der Waals surface area (Å²) >= 11 is 16.7. The first-order valence-corrected chi connectivity index (χ1v) is 26.8. The zero-order valence-corrected chi connectivity index (χ0v) is 45.9. The van der Waals surface area contributed by atoms with Crippen molar-refractivity contribution in [1.29, 1.82) is 0 Å². The molecule has 0 fully saturated rings. The van der Waals surface area contributed by atoms with E-state index in [0.717, 1.165) is 49.8 Å². The molecule has 15 heteroatoms. The molecular formula is C59H49Br3ClF2N3O6. The molecule has 0 saturated carbocycles. The van der Waals surface area contributed by atoms with Crippen LogP contribution in [0.1, 0.15) is 73.4 Å². The molecule has 9 nitrogen and oxygen atoms in total. The van der Waals surface area contributed by atoms with Crippen molar-refractivity contribution in [1.82, 2.24) is 0 Å². The molecule has 0 radical (unpaired) electrons. The highest BCUT2D eigenvalue weighted by Gasteiger charge is 2.55. The normalized spacial score (nSPS) is 19.6. The van der Waals surface area contributed by atoms with Crippen molar-refractivity contribution >= 4 is 116 Å². The minimum atomic E-state index is -2.04. The van der Waals surface area contributed by atoms with Crippen molar-refractivity contribution in [2.75, 3.05) is 34.3 Å². The number of anilines is 3. The molecule has 8 aromatic carbocycles. The van der Waals surface area contributed by atoms with E-state index in [1.807, 2.05) is 93.6 Å². The number of carbonyl (C=O) groups is 3. The Morgan fingerprint density at radius 2 is 0.959 bits per heavy atom. The van der Waals surface area contributed by atoms with Crippen molar-refractivity contribution in [3.63, 3.8) is 0 Å². The maximum atomic E-state index is 15.0. The molecule has 3 aliphatic heterocycles. The quantitative estimate of drug-likeness (QED) is 0.132. The van der Waals surface area contributed by atoms with Gasteiger partial charge in [0.05, 0.1) is 22.1 Å². The van der Waals surface area contributed by atoms with E-state index in [9.17, 15) is 38.5 Å². The highest BCUT2D eigenvalue weighted by molar-refractivity contribution is 9.11. The minimum Gasteiger partial charge on any atom is -0.372 e. The molecule has 11 rings (SSSR count). The Bertz CT molecular complexity index is 3540. The summed E-state index contributed by atoms with van der Waals surface area (Å²) in [5.74, 6) is -2.56. The lowest BCUT2D eigenvalue weighted by molar-refractivity contribution is -0.132. The number of benzene rings is 8. The van der Waals surface area contributed by atoms with Crippen molar-refractivity contribution in [3.05, 3.63) is 215 Å². The number of nitrogens with zero attached hydrogens (tertiary/aromatic N) is 3. The van der Waals surface area contributed by atoms with Gasteiger partial charge in [-0.15, -0.1) is 0 Å². The Morgan fingerprint density at radius 1 is 0.459 bits per heavy atom. The molecule has 0 spiro atoms. The lowest BCUT2D eigenvalue weighted by Gasteiger charge is -2.24. The molecule has 0 aliphatic carbocycles. The van der Waals surface area contributed by atoms with Gasteiger partial charge in [-0.1, -0.05) is 149 Å². The van der Waals surface area contributed by atoms with Crippen LogP contribution >= 0.6 is 59.4 Å². The van der Waals surface area contributed by atoms with Crippen molar-refractivity contribution in [2.45, 2.75) is 56.8 Å². The monoisotopic (exact) mass is 1210 g/mol. The zero-order chi connectivity index (χ0) is 52.9. The number of amides is 3. The van der Waals surface area contributed by atoms with E-state index in [2.05, 4.69) is 47.8 Å². The Balaban J connectivity index is 0.000000137. The van der Waals surface area contributed by atoms with Crippen LogP contribution in [0.5, 0.6) is 0 Å². The predicted molar refractivity (Wildman–Crippen MR) is 299 cm³/mol. The van der Waals surface area contributed by atoms with Crippen LogP contribution in [0.4, 0.5) is 25.8 Å². The molecule has 0 aromatic heterocycles. The summed E-state index contributed by atoms with van der Waals surface area (Å²) < 4.78 is 31.3. The van der Waals surface area contributed by atoms with Crippen LogP contribution in [0.25, 0.3) is 21.5 Å². The van der Waals surface area contributed by atoms with E-state index in [0.29, 0.717) is 68.4 Å².